The van der Waals surface area contributed by atoms with Crippen molar-refractivity contribution < 1.29 is 13.9 Å². The number of ether oxygens (including phenoxy) is 1. The van der Waals surface area contributed by atoms with E-state index in [1.54, 1.807) is 42.3 Å². The Kier molecular flexibility index (Phi) is 7.10. The first kappa shape index (κ1) is 22.9. The van der Waals surface area contributed by atoms with Gasteiger partial charge in [-0.1, -0.05) is 18.2 Å². The molecule has 0 fully saturated rings. The van der Waals surface area contributed by atoms with Crippen LogP contribution in [-0.2, 0) is 16.1 Å². The summed E-state index contributed by atoms with van der Waals surface area (Å²) < 4.78 is 21.6. The number of anilines is 1. The van der Waals surface area contributed by atoms with Crippen LogP contribution in [0.15, 0.2) is 90.0 Å². The highest BCUT2D eigenvalue weighted by Gasteiger charge is 2.11. The largest absolute Gasteiger partial charge is 0.383 e. The molecule has 4 rings (SSSR count). The number of nitrogens with zero attached hydrogens (tertiary/aromatic N) is 3. The number of hydrogen-bond acceptors (Lipinski definition) is 4. The van der Waals surface area contributed by atoms with E-state index >= 15 is 0 Å². The van der Waals surface area contributed by atoms with Crippen molar-refractivity contribution in [3.8, 4) is 16.9 Å². The van der Waals surface area contributed by atoms with Crippen molar-refractivity contribution in [3.63, 3.8) is 0 Å². The lowest BCUT2D eigenvalue weighted by Gasteiger charge is -2.08. The third-order valence-corrected chi connectivity index (χ3v) is 5.08. The number of aromatic nitrogens is 3. The van der Waals surface area contributed by atoms with E-state index in [0.29, 0.717) is 30.1 Å². The molecule has 2 aromatic heterocycles. The molecule has 0 saturated heterocycles. The SMILES string of the molecule is COCCn1cc(NC(=O)/C=C/c2cn(-c3ccccc3)nc2-c2ccc(F)cc2)ccc1=O. The third-order valence-electron chi connectivity index (χ3n) is 5.08. The maximum atomic E-state index is 13.4. The molecule has 1 N–H and O–H groups in total. The summed E-state index contributed by atoms with van der Waals surface area (Å²) in [6.07, 6.45) is 6.43. The highest BCUT2D eigenvalue weighted by atomic mass is 19.1. The van der Waals surface area contributed by atoms with Crippen molar-refractivity contribution in [3.05, 3.63) is 107 Å². The fraction of sp³-hybridized carbons (Fsp3) is 0.115. The predicted octanol–water partition coefficient (Wildman–Crippen LogP) is 4.14. The molecule has 0 atom stereocenters. The van der Waals surface area contributed by atoms with Crippen molar-refractivity contribution >= 4 is 17.7 Å². The molecule has 0 bridgehead atoms. The van der Waals surface area contributed by atoms with Gasteiger partial charge in [0.25, 0.3) is 5.56 Å². The number of halogens is 1. The molecule has 0 aliphatic carbocycles. The molecule has 2 heterocycles. The standard InChI is InChI=1S/C26H23FN4O3/c1-34-16-15-30-18-22(12-14-25(30)33)28-24(32)13-9-20-17-31(23-5-3-2-4-6-23)29-26(20)19-7-10-21(27)11-8-19/h2-14,17-18H,15-16H2,1H3,(H,28,32)/b13-9+. The maximum absolute atomic E-state index is 13.4. The Hall–Kier alpha value is -4.30. The summed E-state index contributed by atoms with van der Waals surface area (Å²) in [5, 5.41) is 7.41. The molecular weight excluding hydrogens is 435 g/mol. The molecule has 0 saturated carbocycles. The average Bonchev–Trinajstić information content (AvgIpc) is 3.28. The number of benzene rings is 2. The Labute approximate surface area is 195 Å². The van der Waals surface area contributed by atoms with E-state index in [9.17, 15) is 14.0 Å². The lowest BCUT2D eigenvalue weighted by molar-refractivity contribution is -0.111. The normalized spacial score (nSPS) is 11.1. The minimum Gasteiger partial charge on any atom is -0.383 e. The van der Waals surface area contributed by atoms with Crippen LogP contribution in [0.2, 0.25) is 0 Å². The Morgan fingerprint density at radius 2 is 1.82 bits per heavy atom. The summed E-state index contributed by atoms with van der Waals surface area (Å²) >= 11 is 0. The lowest BCUT2D eigenvalue weighted by Crippen LogP contribution is -2.22. The van der Waals surface area contributed by atoms with Gasteiger partial charge >= 0.3 is 0 Å². The number of pyridine rings is 1. The summed E-state index contributed by atoms with van der Waals surface area (Å²) in [4.78, 5) is 24.5. The Morgan fingerprint density at radius 1 is 1.06 bits per heavy atom. The summed E-state index contributed by atoms with van der Waals surface area (Å²) in [7, 11) is 1.56. The zero-order valence-electron chi connectivity index (χ0n) is 18.5. The van der Waals surface area contributed by atoms with Crippen molar-refractivity contribution in [2.24, 2.45) is 0 Å². The van der Waals surface area contributed by atoms with Crippen molar-refractivity contribution in [2.45, 2.75) is 6.54 Å². The van der Waals surface area contributed by atoms with Gasteiger partial charge in [-0.15, -0.1) is 0 Å². The second-order valence-electron chi connectivity index (χ2n) is 7.48. The van der Waals surface area contributed by atoms with Crippen LogP contribution in [0.5, 0.6) is 0 Å². The van der Waals surface area contributed by atoms with Gasteiger partial charge in [0.1, 0.15) is 5.82 Å². The van der Waals surface area contributed by atoms with Crippen molar-refractivity contribution in [2.75, 3.05) is 19.0 Å². The van der Waals surface area contributed by atoms with E-state index in [-0.39, 0.29) is 17.3 Å². The maximum Gasteiger partial charge on any atom is 0.250 e. The number of rotatable bonds is 8. The molecule has 34 heavy (non-hydrogen) atoms. The average molecular weight is 458 g/mol. The minimum absolute atomic E-state index is 0.178. The zero-order valence-corrected chi connectivity index (χ0v) is 18.5. The van der Waals surface area contributed by atoms with Crippen LogP contribution in [0.4, 0.5) is 10.1 Å². The third kappa shape index (κ3) is 5.54. The van der Waals surface area contributed by atoms with E-state index in [4.69, 9.17) is 4.74 Å². The number of carbonyl (C=O) groups excluding carboxylic acids is 1. The molecular formula is C26H23FN4O3. The van der Waals surface area contributed by atoms with E-state index in [0.717, 1.165) is 11.3 Å². The molecule has 172 valence electrons. The fourth-order valence-corrected chi connectivity index (χ4v) is 3.37. The minimum atomic E-state index is -0.366. The van der Waals surface area contributed by atoms with Crippen LogP contribution in [0, 0.1) is 5.82 Å². The molecule has 0 aliphatic rings. The molecule has 2 aromatic carbocycles. The summed E-state index contributed by atoms with van der Waals surface area (Å²) in [5.74, 6) is -0.705. The molecule has 0 radical (unpaired) electrons. The van der Waals surface area contributed by atoms with E-state index < -0.39 is 0 Å². The van der Waals surface area contributed by atoms with Gasteiger partial charge in [0, 0.05) is 49.3 Å². The summed E-state index contributed by atoms with van der Waals surface area (Å²) in [6, 6.07) is 18.5. The summed E-state index contributed by atoms with van der Waals surface area (Å²) in [6.45, 7) is 0.767. The molecule has 0 aliphatic heterocycles. The second kappa shape index (κ2) is 10.5. The molecule has 1 amide bonds. The van der Waals surface area contributed by atoms with Crippen LogP contribution in [0.25, 0.3) is 23.0 Å². The first-order valence-electron chi connectivity index (χ1n) is 10.6. The number of hydrogen-bond donors (Lipinski definition) is 1. The van der Waals surface area contributed by atoms with Crippen molar-refractivity contribution in [1.82, 2.24) is 14.3 Å². The number of methoxy groups -OCH3 is 1. The van der Waals surface area contributed by atoms with Crippen LogP contribution < -0.4 is 10.9 Å². The Bertz CT molecular complexity index is 1360. The van der Waals surface area contributed by atoms with Crippen LogP contribution in [-0.4, -0.2) is 34.0 Å². The topological polar surface area (TPSA) is 78.2 Å². The first-order valence-corrected chi connectivity index (χ1v) is 10.6. The smallest absolute Gasteiger partial charge is 0.250 e. The molecule has 8 heteroatoms. The zero-order chi connectivity index (χ0) is 23.9. The number of nitrogens with one attached hydrogen (secondary N) is 1. The highest BCUT2D eigenvalue weighted by Crippen LogP contribution is 2.25. The van der Waals surface area contributed by atoms with E-state index in [1.165, 1.54) is 28.8 Å². The number of amides is 1. The monoisotopic (exact) mass is 458 g/mol. The van der Waals surface area contributed by atoms with Crippen molar-refractivity contribution in [1.29, 1.82) is 0 Å². The Balaban J connectivity index is 1.59. The molecule has 0 spiro atoms. The number of carbonyl (C=O) groups is 1. The van der Waals surface area contributed by atoms with Gasteiger partial charge in [-0.3, -0.25) is 9.59 Å². The van der Waals surface area contributed by atoms with Crippen LogP contribution in [0.3, 0.4) is 0 Å². The first-order chi connectivity index (χ1) is 16.5. The predicted molar refractivity (Wildman–Crippen MR) is 129 cm³/mol. The molecule has 0 unspecified atom stereocenters. The quantitative estimate of drug-likeness (QED) is 0.403. The fourth-order valence-electron chi connectivity index (χ4n) is 3.37. The Morgan fingerprint density at radius 3 is 2.56 bits per heavy atom. The highest BCUT2D eigenvalue weighted by molar-refractivity contribution is 6.02. The van der Waals surface area contributed by atoms with E-state index in [2.05, 4.69) is 10.4 Å². The van der Waals surface area contributed by atoms with Crippen LogP contribution >= 0.6 is 0 Å². The van der Waals surface area contributed by atoms with Gasteiger partial charge in [-0.05, 0) is 48.5 Å². The molecule has 7 nitrogen and oxygen atoms in total. The lowest BCUT2D eigenvalue weighted by atomic mass is 10.1. The van der Waals surface area contributed by atoms with Gasteiger partial charge in [0.15, 0.2) is 0 Å². The van der Waals surface area contributed by atoms with Gasteiger partial charge in [-0.25, -0.2) is 9.07 Å². The van der Waals surface area contributed by atoms with Gasteiger partial charge in [-0.2, -0.15) is 5.10 Å². The van der Waals surface area contributed by atoms with Crippen LogP contribution in [0.1, 0.15) is 5.56 Å². The van der Waals surface area contributed by atoms with E-state index in [1.807, 2.05) is 36.5 Å². The van der Waals surface area contributed by atoms with Gasteiger partial charge in [0.2, 0.25) is 5.91 Å². The van der Waals surface area contributed by atoms with Gasteiger partial charge < -0.3 is 14.6 Å². The number of para-hydroxylation sites is 1. The second-order valence-corrected chi connectivity index (χ2v) is 7.48. The molecule has 4 aromatic rings. The summed E-state index contributed by atoms with van der Waals surface area (Å²) in [5.41, 5.74) is 3.19. The van der Waals surface area contributed by atoms with Gasteiger partial charge in [0.05, 0.1) is 23.7 Å².